The molecule has 0 fully saturated rings. The molecule has 2 aromatic rings. The van der Waals surface area contributed by atoms with Crippen molar-refractivity contribution in [2.24, 2.45) is 5.92 Å². The zero-order valence-corrected chi connectivity index (χ0v) is 17.5. The molecule has 2 rings (SSSR count). The summed E-state index contributed by atoms with van der Waals surface area (Å²) in [4.78, 5) is 23.4. The molecular formula is C21H27ClN4O2. The zero-order valence-electron chi connectivity index (χ0n) is 16.8. The van der Waals surface area contributed by atoms with E-state index in [1.165, 1.54) is 11.6 Å². The van der Waals surface area contributed by atoms with E-state index in [1.54, 1.807) is 10.8 Å². The van der Waals surface area contributed by atoms with Crippen LogP contribution in [0.4, 0.5) is 0 Å². The third-order valence-corrected chi connectivity index (χ3v) is 4.61. The Labute approximate surface area is 171 Å². The molecule has 2 amide bonds. The molecule has 0 unspecified atom stereocenters. The monoisotopic (exact) mass is 402 g/mol. The molecule has 0 atom stereocenters. The first kappa shape index (κ1) is 21.7. The summed E-state index contributed by atoms with van der Waals surface area (Å²) in [6.45, 7) is 8.86. The van der Waals surface area contributed by atoms with E-state index in [0.717, 1.165) is 16.8 Å². The number of nitrogens with zero attached hydrogens (tertiary/aromatic N) is 2. The minimum absolute atomic E-state index is 0.0341. The van der Waals surface area contributed by atoms with Crippen molar-refractivity contribution >= 4 is 29.5 Å². The van der Waals surface area contributed by atoms with Crippen molar-refractivity contribution < 1.29 is 9.59 Å². The number of amides is 2. The molecule has 7 heteroatoms. The second-order valence-corrected chi connectivity index (χ2v) is 7.36. The number of nitrogens with one attached hydrogen (secondary N) is 2. The number of halogens is 1. The maximum Gasteiger partial charge on any atom is 0.244 e. The smallest absolute Gasteiger partial charge is 0.244 e. The first-order valence-corrected chi connectivity index (χ1v) is 9.67. The van der Waals surface area contributed by atoms with Gasteiger partial charge in [-0.2, -0.15) is 5.10 Å². The number of benzene rings is 1. The number of hydrogen-bond donors (Lipinski definition) is 2. The Morgan fingerprint density at radius 1 is 1.14 bits per heavy atom. The Balaban J connectivity index is 1.92. The molecule has 0 saturated heterocycles. The molecule has 1 heterocycles. The van der Waals surface area contributed by atoms with Gasteiger partial charge in [-0.3, -0.25) is 9.59 Å². The number of hydrogen-bond acceptors (Lipinski definition) is 3. The van der Waals surface area contributed by atoms with Gasteiger partial charge in [-0.25, -0.2) is 4.68 Å². The SMILES string of the molecule is Cc1ccc(Cn2nc(C)c(/C=C/C(=O)NCCNC(=O)C(C)C)c2Cl)cc1. The van der Waals surface area contributed by atoms with Gasteiger partial charge in [0.25, 0.3) is 0 Å². The molecule has 0 radical (unpaired) electrons. The normalized spacial score (nSPS) is 11.2. The van der Waals surface area contributed by atoms with Crippen LogP contribution in [0.25, 0.3) is 6.08 Å². The van der Waals surface area contributed by atoms with E-state index in [1.807, 2.05) is 52.0 Å². The Bertz CT molecular complexity index is 854. The highest BCUT2D eigenvalue weighted by atomic mass is 35.5. The summed E-state index contributed by atoms with van der Waals surface area (Å²) in [7, 11) is 0. The van der Waals surface area contributed by atoms with E-state index in [4.69, 9.17) is 11.6 Å². The predicted molar refractivity (Wildman–Crippen MR) is 112 cm³/mol. The van der Waals surface area contributed by atoms with Gasteiger partial charge in [0.05, 0.1) is 12.2 Å². The maximum atomic E-state index is 12.0. The molecule has 28 heavy (non-hydrogen) atoms. The van der Waals surface area contributed by atoms with Crippen LogP contribution in [0.3, 0.4) is 0 Å². The lowest BCUT2D eigenvalue weighted by Gasteiger charge is -2.07. The third kappa shape index (κ3) is 6.23. The fourth-order valence-corrected chi connectivity index (χ4v) is 2.82. The van der Waals surface area contributed by atoms with Crippen molar-refractivity contribution in [1.82, 2.24) is 20.4 Å². The summed E-state index contributed by atoms with van der Waals surface area (Å²) in [5, 5.41) is 10.4. The van der Waals surface area contributed by atoms with Crippen molar-refractivity contribution in [3.05, 3.63) is 57.9 Å². The van der Waals surface area contributed by atoms with Gasteiger partial charge in [0.1, 0.15) is 5.15 Å². The fraction of sp³-hybridized carbons (Fsp3) is 0.381. The van der Waals surface area contributed by atoms with Gasteiger partial charge in [-0.15, -0.1) is 0 Å². The second kappa shape index (κ2) is 10.1. The number of rotatable bonds is 8. The molecule has 0 aliphatic heterocycles. The van der Waals surface area contributed by atoms with Crippen molar-refractivity contribution in [3.8, 4) is 0 Å². The number of aromatic nitrogens is 2. The van der Waals surface area contributed by atoms with Gasteiger partial charge in [0.2, 0.25) is 11.8 Å². The lowest BCUT2D eigenvalue weighted by molar-refractivity contribution is -0.124. The van der Waals surface area contributed by atoms with E-state index in [0.29, 0.717) is 24.8 Å². The van der Waals surface area contributed by atoms with Gasteiger partial charge < -0.3 is 10.6 Å². The fourth-order valence-electron chi connectivity index (χ4n) is 2.52. The van der Waals surface area contributed by atoms with E-state index >= 15 is 0 Å². The summed E-state index contributed by atoms with van der Waals surface area (Å²) in [6, 6.07) is 8.19. The van der Waals surface area contributed by atoms with Gasteiger partial charge in [-0.05, 0) is 25.5 Å². The van der Waals surface area contributed by atoms with Crippen LogP contribution in [0.5, 0.6) is 0 Å². The van der Waals surface area contributed by atoms with E-state index < -0.39 is 0 Å². The summed E-state index contributed by atoms with van der Waals surface area (Å²) < 4.78 is 1.72. The Kier molecular flexibility index (Phi) is 7.81. The first-order valence-electron chi connectivity index (χ1n) is 9.30. The van der Waals surface area contributed by atoms with Crippen LogP contribution in [-0.4, -0.2) is 34.7 Å². The van der Waals surface area contributed by atoms with Crippen LogP contribution in [-0.2, 0) is 16.1 Å². The summed E-state index contributed by atoms with van der Waals surface area (Å²) in [6.07, 6.45) is 3.09. The van der Waals surface area contributed by atoms with Crippen LogP contribution in [0.2, 0.25) is 5.15 Å². The number of carbonyl (C=O) groups excluding carboxylic acids is 2. The molecule has 1 aromatic carbocycles. The molecule has 6 nitrogen and oxygen atoms in total. The number of aryl methyl sites for hydroxylation is 2. The highest BCUT2D eigenvalue weighted by molar-refractivity contribution is 6.31. The topological polar surface area (TPSA) is 76.0 Å². The van der Waals surface area contributed by atoms with E-state index in [-0.39, 0.29) is 17.7 Å². The van der Waals surface area contributed by atoms with Gasteiger partial charge >= 0.3 is 0 Å². The average Bonchev–Trinajstić information content (AvgIpc) is 2.91. The van der Waals surface area contributed by atoms with Gasteiger partial charge in [0.15, 0.2) is 0 Å². The van der Waals surface area contributed by atoms with Crippen LogP contribution in [0.15, 0.2) is 30.3 Å². The van der Waals surface area contributed by atoms with Crippen LogP contribution >= 0.6 is 11.6 Å². The summed E-state index contributed by atoms with van der Waals surface area (Å²) >= 11 is 6.46. The standard InChI is InChI=1S/C21H27ClN4O2/c1-14(2)21(28)24-12-11-23-19(27)10-9-18-16(4)25-26(20(18)22)13-17-7-5-15(3)6-8-17/h5-10,14H,11-13H2,1-4H3,(H,23,27)(H,24,28)/b10-9+. The molecule has 0 bridgehead atoms. The highest BCUT2D eigenvalue weighted by Crippen LogP contribution is 2.22. The molecular weight excluding hydrogens is 376 g/mol. The molecule has 0 aliphatic rings. The lowest BCUT2D eigenvalue weighted by atomic mass is 10.1. The first-order chi connectivity index (χ1) is 13.3. The quantitative estimate of drug-likeness (QED) is 0.526. The van der Waals surface area contributed by atoms with E-state index in [9.17, 15) is 9.59 Å². The van der Waals surface area contributed by atoms with Crippen molar-refractivity contribution in [1.29, 1.82) is 0 Å². The van der Waals surface area contributed by atoms with Crippen LogP contribution in [0, 0.1) is 19.8 Å². The van der Waals surface area contributed by atoms with Crippen molar-refractivity contribution in [2.45, 2.75) is 34.2 Å². The lowest BCUT2D eigenvalue weighted by Crippen LogP contribution is -2.35. The molecule has 0 aliphatic carbocycles. The highest BCUT2D eigenvalue weighted by Gasteiger charge is 2.12. The molecule has 0 spiro atoms. The molecule has 2 N–H and O–H groups in total. The second-order valence-electron chi connectivity index (χ2n) is 7.00. The Morgan fingerprint density at radius 2 is 1.79 bits per heavy atom. The van der Waals surface area contributed by atoms with Gasteiger partial charge in [0, 0.05) is 30.6 Å². The van der Waals surface area contributed by atoms with E-state index in [2.05, 4.69) is 15.7 Å². The minimum Gasteiger partial charge on any atom is -0.354 e. The third-order valence-electron chi connectivity index (χ3n) is 4.21. The Hall–Kier alpha value is -2.60. The molecule has 0 saturated carbocycles. The molecule has 150 valence electrons. The van der Waals surface area contributed by atoms with Crippen LogP contribution in [0.1, 0.15) is 36.2 Å². The van der Waals surface area contributed by atoms with Crippen molar-refractivity contribution in [2.75, 3.05) is 13.1 Å². The molecule has 1 aromatic heterocycles. The summed E-state index contributed by atoms with van der Waals surface area (Å²) in [5.41, 5.74) is 3.78. The predicted octanol–water partition coefficient (Wildman–Crippen LogP) is 3.10. The average molecular weight is 403 g/mol. The minimum atomic E-state index is -0.249. The Morgan fingerprint density at radius 3 is 2.43 bits per heavy atom. The largest absolute Gasteiger partial charge is 0.354 e. The van der Waals surface area contributed by atoms with Gasteiger partial charge in [-0.1, -0.05) is 55.3 Å². The van der Waals surface area contributed by atoms with Crippen molar-refractivity contribution in [3.63, 3.8) is 0 Å². The maximum absolute atomic E-state index is 12.0. The number of carbonyl (C=O) groups is 2. The summed E-state index contributed by atoms with van der Waals surface area (Å²) in [5.74, 6) is -0.356. The van der Waals surface area contributed by atoms with Crippen LogP contribution < -0.4 is 10.6 Å². The zero-order chi connectivity index (χ0) is 20.7.